The standard InChI is InChI=1S/C16H19ClN6O2/c1-10-13(5-23(22-10)16(2,3)9-18)20-15-19-4-12(17)14(21-15)25-8-11-6-24-7-11/h4-5,11H,6-8H2,1-3H3,(H,19,20,21). The molecule has 9 heteroatoms. The van der Waals surface area contributed by atoms with E-state index in [1.54, 1.807) is 24.7 Å². The van der Waals surface area contributed by atoms with Gasteiger partial charge in [0.05, 0.1) is 49.7 Å². The van der Waals surface area contributed by atoms with Crippen LogP contribution >= 0.6 is 11.6 Å². The van der Waals surface area contributed by atoms with E-state index in [-0.39, 0.29) is 0 Å². The molecule has 0 radical (unpaired) electrons. The maximum atomic E-state index is 9.24. The smallest absolute Gasteiger partial charge is 0.237 e. The molecule has 3 heterocycles. The second-order valence-corrected chi connectivity index (χ2v) is 6.84. The van der Waals surface area contributed by atoms with Crippen LogP contribution in [0.25, 0.3) is 0 Å². The highest BCUT2D eigenvalue weighted by atomic mass is 35.5. The van der Waals surface area contributed by atoms with E-state index in [2.05, 4.69) is 26.5 Å². The highest BCUT2D eigenvalue weighted by molar-refractivity contribution is 6.31. The maximum Gasteiger partial charge on any atom is 0.237 e. The fourth-order valence-corrected chi connectivity index (χ4v) is 2.28. The van der Waals surface area contributed by atoms with Crippen LogP contribution in [0.2, 0.25) is 5.02 Å². The molecule has 25 heavy (non-hydrogen) atoms. The van der Waals surface area contributed by atoms with Gasteiger partial charge >= 0.3 is 0 Å². The molecule has 0 aliphatic carbocycles. The largest absolute Gasteiger partial charge is 0.476 e. The molecular formula is C16H19ClN6O2. The van der Waals surface area contributed by atoms with Crippen molar-refractivity contribution in [3.05, 3.63) is 23.1 Å². The van der Waals surface area contributed by atoms with Gasteiger partial charge in [-0.3, -0.25) is 4.68 Å². The topological polar surface area (TPSA) is 97.9 Å². The normalized spacial score (nSPS) is 14.7. The van der Waals surface area contributed by atoms with Gasteiger partial charge in [-0.1, -0.05) is 11.6 Å². The minimum atomic E-state index is -0.745. The molecule has 8 nitrogen and oxygen atoms in total. The van der Waals surface area contributed by atoms with E-state index in [0.717, 1.165) is 5.69 Å². The monoisotopic (exact) mass is 362 g/mol. The summed E-state index contributed by atoms with van der Waals surface area (Å²) in [5.41, 5.74) is 0.699. The third kappa shape index (κ3) is 3.83. The second kappa shape index (κ2) is 6.86. The molecule has 0 atom stereocenters. The number of hydrogen-bond acceptors (Lipinski definition) is 7. The van der Waals surface area contributed by atoms with Gasteiger partial charge in [-0.05, 0) is 20.8 Å². The summed E-state index contributed by atoms with van der Waals surface area (Å²) in [5, 5.41) is 17.1. The van der Waals surface area contributed by atoms with Crippen LogP contribution in [0, 0.1) is 24.2 Å². The Labute approximate surface area is 150 Å². The summed E-state index contributed by atoms with van der Waals surface area (Å²) >= 11 is 6.10. The van der Waals surface area contributed by atoms with Crippen molar-refractivity contribution in [2.45, 2.75) is 26.3 Å². The van der Waals surface area contributed by atoms with Gasteiger partial charge in [-0.2, -0.15) is 15.3 Å². The van der Waals surface area contributed by atoms with Crippen molar-refractivity contribution >= 4 is 23.2 Å². The van der Waals surface area contributed by atoms with Gasteiger partial charge in [0.2, 0.25) is 11.8 Å². The van der Waals surface area contributed by atoms with E-state index in [4.69, 9.17) is 21.1 Å². The Kier molecular flexibility index (Phi) is 4.79. The van der Waals surface area contributed by atoms with Crippen molar-refractivity contribution in [1.29, 1.82) is 5.26 Å². The van der Waals surface area contributed by atoms with Crippen molar-refractivity contribution in [3.8, 4) is 11.9 Å². The summed E-state index contributed by atoms with van der Waals surface area (Å²) < 4.78 is 12.4. The third-order valence-electron chi connectivity index (χ3n) is 3.87. The first-order valence-electron chi connectivity index (χ1n) is 7.87. The molecule has 1 N–H and O–H groups in total. The van der Waals surface area contributed by atoms with E-state index in [1.165, 1.54) is 6.20 Å². The number of nitrogens with one attached hydrogen (secondary N) is 1. The van der Waals surface area contributed by atoms with E-state index >= 15 is 0 Å². The summed E-state index contributed by atoms with van der Waals surface area (Å²) in [7, 11) is 0. The Balaban J connectivity index is 1.75. The highest BCUT2D eigenvalue weighted by Crippen LogP contribution is 2.26. The number of ether oxygens (including phenoxy) is 2. The molecule has 0 aromatic carbocycles. The van der Waals surface area contributed by atoms with Crippen LogP contribution in [0.1, 0.15) is 19.5 Å². The predicted octanol–water partition coefficient (Wildman–Crippen LogP) is 2.66. The summed E-state index contributed by atoms with van der Waals surface area (Å²) in [6.07, 6.45) is 3.24. The Morgan fingerprint density at radius 2 is 2.28 bits per heavy atom. The third-order valence-corrected chi connectivity index (χ3v) is 4.13. The van der Waals surface area contributed by atoms with Gasteiger partial charge in [0, 0.05) is 5.92 Å². The number of aryl methyl sites for hydroxylation is 1. The van der Waals surface area contributed by atoms with Crippen LogP contribution in [0.15, 0.2) is 12.4 Å². The molecule has 0 saturated carbocycles. The van der Waals surface area contributed by atoms with Crippen LogP contribution in [0.5, 0.6) is 5.88 Å². The first kappa shape index (κ1) is 17.5. The van der Waals surface area contributed by atoms with Gasteiger partial charge in [-0.15, -0.1) is 0 Å². The number of nitriles is 1. The van der Waals surface area contributed by atoms with Crippen LogP contribution in [-0.2, 0) is 10.3 Å². The fourth-order valence-electron chi connectivity index (χ4n) is 2.13. The van der Waals surface area contributed by atoms with Crippen LogP contribution in [0.4, 0.5) is 11.6 Å². The zero-order valence-corrected chi connectivity index (χ0v) is 15.0. The number of halogens is 1. The molecule has 1 saturated heterocycles. The molecule has 1 fully saturated rings. The number of nitrogens with zero attached hydrogens (tertiary/aromatic N) is 5. The Hall–Kier alpha value is -2.37. The first-order chi connectivity index (χ1) is 11.9. The molecule has 0 amide bonds. The highest BCUT2D eigenvalue weighted by Gasteiger charge is 2.22. The molecule has 1 aliphatic heterocycles. The van der Waals surface area contributed by atoms with Gasteiger partial charge in [0.15, 0.2) is 0 Å². The molecule has 0 unspecified atom stereocenters. The first-order valence-corrected chi connectivity index (χ1v) is 8.25. The summed E-state index contributed by atoms with van der Waals surface area (Å²) in [6, 6.07) is 2.21. The minimum absolute atomic E-state index is 0.327. The second-order valence-electron chi connectivity index (χ2n) is 6.43. The van der Waals surface area contributed by atoms with E-state index in [1.807, 2.05) is 6.92 Å². The molecule has 0 bridgehead atoms. The Bertz CT molecular complexity index is 809. The average molecular weight is 363 g/mol. The lowest BCUT2D eigenvalue weighted by atomic mass is 10.1. The van der Waals surface area contributed by atoms with Crippen LogP contribution in [0.3, 0.4) is 0 Å². The predicted molar refractivity (Wildman–Crippen MR) is 92.0 cm³/mol. The van der Waals surface area contributed by atoms with Crippen molar-refractivity contribution in [2.75, 3.05) is 25.1 Å². The molecule has 132 valence electrons. The molecule has 1 aliphatic rings. The van der Waals surface area contributed by atoms with E-state index in [0.29, 0.717) is 48.3 Å². The minimum Gasteiger partial charge on any atom is -0.476 e. The lowest BCUT2D eigenvalue weighted by Gasteiger charge is -2.25. The molecule has 0 spiro atoms. The maximum absolute atomic E-state index is 9.24. The summed E-state index contributed by atoms with van der Waals surface area (Å²) in [5.74, 6) is 1.05. The summed E-state index contributed by atoms with van der Waals surface area (Å²) in [4.78, 5) is 8.48. The van der Waals surface area contributed by atoms with Crippen molar-refractivity contribution in [1.82, 2.24) is 19.7 Å². The SMILES string of the molecule is Cc1nn(C(C)(C)C#N)cc1Nc1ncc(Cl)c(OCC2COC2)n1. The molecule has 3 rings (SSSR count). The quantitative estimate of drug-likeness (QED) is 0.843. The van der Waals surface area contributed by atoms with Crippen molar-refractivity contribution in [2.24, 2.45) is 5.92 Å². The van der Waals surface area contributed by atoms with Gasteiger partial charge in [-0.25, -0.2) is 4.98 Å². The van der Waals surface area contributed by atoms with Gasteiger partial charge in [0.25, 0.3) is 0 Å². The molecular weight excluding hydrogens is 344 g/mol. The van der Waals surface area contributed by atoms with E-state index in [9.17, 15) is 5.26 Å². The lowest BCUT2D eigenvalue weighted by Crippen LogP contribution is -2.32. The number of aromatic nitrogens is 4. The molecule has 2 aromatic rings. The molecule has 2 aromatic heterocycles. The zero-order chi connectivity index (χ0) is 18.0. The van der Waals surface area contributed by atoms with Crippen molar-refractivity contribution < 1.29 is 9.47 Å². The average Bonchev–Trinajstić information content (AvgIpc) is 2.90. The zero-order valence-electron chi connectivity index (χ0n) is 14.3. The van der Waals surface area contributed by atoms with Gasteiger partial charge in [0.1, 0.15) is 10.6 Å². The Morgan fingerprint density at radius 1 is 1.52 bits per heavy atom. The fraction of sp³-hybridized carbons (Fsp3) is 0.500. The van der Waals surface area contributed by atoms with Gasteiger partial charge < -0.3 is 14.8 Å². The number of anilines is 2. The number of hydrogen-bond donors (Lipinski definition) is 1. The van der Waals surface area contributed by atoms with Crippen molar-refractivity contribution in [3.63, 3.8) is 0 Å². The van der Waals surface area contributed by atoms with Crippen LogP contribution in [-0.4, -0.2) is 39.6 Å². The van der Waals surface area contributed by atoms with Crippen LogP contribution < -0.4 is 10.1 Å². The Morgan fingerprint density at radius 3 is 2.92 bits per heavy atom. The number of rotatable bonds is 6. The summed E-state index contributed by atoms with van der Waals surface area (Å²) in [6.45, 7) is 7.32. The lowest BCUT2D eigenvalue weighted by molar-refractivity contribution is -0.0514. The van der Waals surface area contributed by atoms with E-state index < -0.39 is 5.54 Å².